The van der Waals surface area contributed by atoms with Gasteiger partial charge in [-0.1, -0.05) is 30.3 Å². The first kappa shape index (κ1) is 17.5. The molecule has 4 aromatic rings. The van der Waals surface area contributed by atoms with E-state index < -0.39 is 11.9 Å². The van der Waals surface area contributed by atoms with Crippen molar-refractivity contribution in [1.29, 1.82) is 0 Å². The van der Waals surface area contributed by atoms with Gasteiger partial charge in [0, 0.05) is 17.3 Å². The lowest BCUT2D eigenvalue weighted by Crippen LogP contribution is -2.08. The summed E-state index contributed by atoms with van der Waals surface area (Å²) in [5, 5.41) is 4.28. The molecule has 0 saturated heterocycles. The Bertz CT molecular complexity index is 1150. The highest BCUT2D eigenvalue weighted by Gasteiger charge is 2.20. The van der Waals surface area contributed by atoms with Crippen LogP contribution < -0.4 is 0 Å². The van der Waals surface area contributed by atoms with E-state index in [2.05, 4.69) is 14.8 Å². The summed E-state index contributed by atoms with van der Waals surface area (Å²) in [6.45, 7) is -0.143. The van der Waals surface area contributed by atoms with Crippen molar-refractivity contribution in [1.82, 2.24) is 14.6 Å². The fourth-order valence-corrected chi connectivity index (χ4v) is 2.81. The van der Waals surface area contributed by atoms with E-state index in [1.54, 1.807) is 16.8 Å². The summed E-state index contributed by atoms with van der Waals surface area (Å²) < 4.78 is 16.6. The summed E-state index contributed by atoms with van der Waals surface area (Å²) in [4.78, 5) is 28.4. The average Bonchev–Trinajstić information content (AvgIpc) is 3.39. The zero-order valence-corrected chi connectivity index (χ0v) is 14.9. The molecule has 3 aromatic heterocycles. The van der Waals surface area contributed by atoms with Gasteiger partial charge in [0.2, 0.25) is 5.76 Å². The summed E-state index contributed by atoms with van der Waals surface area (Å²) in [5.74, 6) is -1.24. The molecule has 0 aliphatic carbocycles. The van der Waals surface area contributed by atoms with Crippen LogP contribution in [0, 0.1) is 0 Å². The summed E-state index contributed by atoms with van der Waals surface area (Å²) in [7, 11) is 1.25. The number of carbonyl (C=O) groups is 2. The maximum Gasteiger partial charge on any atom is 0.374 e. The number of fused-ring (bicyclic) bond motifs is 1. The van der Waals surface area contributed by atoms with Gasteiger partial charge in [0.25, 0.3) is 0 Å². The second-order valence-electron chi connectivity index (χ2n) is 5.83. The van der Waals surface area contributed by atoms with Gasteiger partial charge in [-0.25, -0.2) is 19.1 Å². The van der Waals surface area contributed by atoms with Crippen molar-refractivity contribution in [2.24, 2.45) is 0 Å². The predicted molar refractivity (Wildman–Crippen MR) is 97.6 cm³/mol. The van der Waals surface area contributed by atoms with Gasteiger partial charge in [-0.2, -0.15) is 5.10 Å². The molecule has 140 valence electrons. The Hall–Kier alpha value is -3.94. The molecule has 0 aliphatic rings. The summed E-state index contributed by atoms with van der Waals surface area (Å²) >= 11 is 0. The minimum atomic E-state index is -0.638. The van der Waals surface area contributed by atoms with Gasteiger partial charge in [0.1, 0.15) is 12.2 Å². The smallest absolute Gasteiger partial charge is 0.374 e. The maximum absolute atomic E-state index is 12.6. The van der Waals surface area contributed by atoms with Crippen molar-refractivity contribution in [2.75, 3.05) is 7.11 Å². The SMILES string of the molecule is COC(=O)c1occc1COC(=O)c1cnn2c(-c3ccccc3)ccnc12. The Morgan fingerprint density at radius 3 is 2.71 bits per heavy atom. The topological polar surface area (TPSA) is 95.9 Å². The van der Waals surface area contributed by atoms with E-state index in [9.17, 15) is 9.59 Å². The van der Waals surface area contributed by atoms with Crippen LogP contribution in [0.1, 0.15) is 26.5 Å². The fraction of sp³-hybridized carbons (Fsp3) is 0.100. The molecule has 0 atom stereocenters. The molecule has 3 heterocycles. The van der Waals surface area contributed by atoms with E-state index >= 15 is 0 Å². The predicted octanol–water partition coefficient (Wildman–Crippen LogP) is 3.13. The van der Waals surface area contributed by atoms with Crippen LogP contribution in [0.2, 0.25) is 0 Å². The van der Waals surface area contributed by atoms with Crippen LogP contribution in [0.3, 0.4) is 0 Å². The summed E-state index contributed by atoms with van der Waals surface area (Å²) in [6.07, 6.45) is 4.35. The van der Waals surface area contributed by atoms with Gasteiger partial charge in [-0.05, 0) is 12.1 Å². The van der Waals surface area contributed by atoms with Gasteiger partial charge in [-0.3, -0.25) is 0 Å². The Morgan fingerprint density at radius 1 is 1.11 bits per heavy atom. The number of rotatable bonds is 5. The minimum Gasteiger partial charge on any atom is -0.463 e. The van der Waals surface area contributed by atoms with E-state index in [1.165, 1.54) is 19.6 Å². The van der Waals surface area contributed by atoms with Crippen molar-refractivity contribution < 1.29 is 23.5 Å². The molecule has 8 nitrogen and oxygen atoms in total. The molecule has 0 aliphatic heterocycles. The third-order valence-electron chi connectivity index (χ3n) is 4.17. The van der Waals surface area contributed by atoms with Crippen molar-refractivity contribution in [3.05, 3.63) is 78.0 Å². The van der Waals surface area contributed by atoms with Crippen molar-refractivity contribution in [2.45, 2.75) is 6.61 Å². The van der Waals surface area contributed by atoms with Crippen LogP contribution in [0.25, 0.3) is 16.9 Å². The number of hydrogen-bond acceptors (Lipinski definition) is 7. The van der Waals surface area contributed by atoms with Gasteiger partial charge in [-0.15, -0.1) is 0 Å². The van der Waals surface area contributed by atoms with Crippen molar-refractivity contribution in [3.63, 3.8) is 0 Å². The Morgan fingerprint density at radius 2 is 1.93 bits per heavy atom. The molecule has 1 aromatic carbocycles. The minimum absolute atomic E-state index is 0.000321. The number of aromatic nitrogens is 3. The molecule has 8 heteroatoms. The Kier molecular flexibility index (Phi) is 4.59. The van der Waals surface area contributed by atoms with Crippen LogP contribution in [-0.2, 0) is 16.1 Å². The Labute approximate surface area is 159 Å². The van der Waals surface area contributed by atoms with Crippen molar-refractivity contribution >= 4 is 17.6 Å². The number of carbonyl (C=O) groups excluding carboxylic acids is 2. The van der Waals surface area contributed by atoms with E-state index in [1.807, 2.05) is 36.4 Å². The lowest BCUT2D eigenvalue weighted by atomic mass is 10.1. The maximum atomic E-state index is 12.6. The van der Waals surface area contributed by atoms with Crippen LogP contribution in [0.5, 0.6) is 0 Å². The van der Waals surface area contributed by atoms with E-state index in [4.69, 9.17) is 9.15 Å². The standard InChI is InChI=1S/C20H15N3O5/c1-26-20(25)17-14(8-10-27-17)12-28-19(24)15-11-22-23-16(7-9-21-18(15)23)13-5-3-2-4-6-13/h2-11H,12H2,1H3. The van der Waals surface area contributed by atoms with Crippen LogP contribution >= 0.6 is 0 Å². The molecule has 0 bridgehead atoms. The van der Waals surface area contributed by atoms with Gasteiger partial charge in [0.15, 0.2) is 5.65 Å². The number of nitrogens with zero attached hydrogens (tertiary/aromatic N) is 3. The zero-order chi connectivity index (χ0) is 19.5. The number of ether oxygens (including phenoxy) is 2. The molecule has 0 spiro atoms. The number of benzene rings is 1. The van der Waals surface area contributed by atoms with E-state index in [0.717, 1.165) is 11.3 Å². The number of methoxy groups -OCH3 is 1. The molecule has 0 N–H and O–H groups in total. The lowest BCUT2D eigenvalue weighted by molar-refractivity contribution is 0.0455. The van der Waals surface area contributed by atoms with Crippen LogP contribution in [0.4, 0.5) is 0 Å². The Balaban J connectivity index is 1.59. The zero-order valence-electron chi connectivity index (χ0n) is 14.9. The molecular formula is C20H15N3O5. The van der Waals surface area contributed by atoms with E-state index in [-0.39, 0.29) is 17.9 Å². The average molecular weight is 377 g/mol. The molecule has 28 heavy (non-hydrogen) atoms. The fourth-order valence-electron chi connectivity index (χ4n) is 2.81. The number of hydrogen-bond donors (Lipinski definition) is 0. The summed E-state index contributed by atoms with van der Waals surface area (Å²) in [5.41, 5.74) is 2.76. The number of esters is 2. The highest BCUT2D eigenvalue weighted by atomic mass is 16.5. The second kappa shape index (κ2) is 7.36. The van der Waals surface area contributed by atoms with Gasteiger partial charge < -0.3 is 13.9 Å². The molecular weight excluding hydrogens is 362 g/mol. The quantitative estimate of drug-likeness (QED) is 0.493. The first-order valence-electron chi connectivity index (χ1n) is 8.39. The van der Waals surface area contributed by atoms with Gasteiger partial charge in [0.05, 0.1) is 25.3 Å². The van der Waals surface area contributed by atoms with Crippen molar-refractivity contribution in [3.8, 4) is 11.3 Å². The normalized spacial score (nSPS) is 10.8. The highest BCUT2D eigenvalue weighted by Crippen LogP contribution is 2.21. The van der Waals surface area contributed by atoms with Gasteiger partial charge >= 0.3 is 11.9 Å². The molecule has 0 radical (unpaired) electrons. The van der Waals surface area contributed by atoms with E-state index in [0.29, 0.717) is 11.2 Å². The van der Waals surface area contributed by atoms with Crippen LogP contribution in [-0.4, -0.2) is 33.6 Å². The molecule has 0 fully saturated rings. The second-order valence-corrected chi connectivity index (χ2v) is 5.83. The first-order valence-corrected chi connectivity index (χ1v) is 8.39. The third-order valence-corrected chi connectivity index (χ3v) is 4.17. The molecule has 0 unspecified atom stereocenters. The third kappa shape index (κ3) is 3.11. The lowest BCUT2D eigenvalue weighted by Gasteiger charge is -2.05. The molecule has 4 rings (SSSR count). The number of furan rings is 1. The molecule has 0 saturated carbocycles. The first-order chi connectivity index (χ1) is 13.7. The largest absolute Gasteiger partial charge is 0.463 e. The summed E-state index contributed by atoms with van der Waals surface area (Å²) in [6, 6.07) is 13.0. The highest BCUT2D eigenvalue weighted by molar-refractivity contribution is 5.96. The van der Waals surface area contributed by atoms with Crippen LogP contribution in [0.15, 0.2) is 65.5 Å². The molecule has 0 amide bonds. The monoisotopic (exact) mass is 377 g/mol.